The number of amides is 2. The standard InChI is InChI=1S/C25H31N5O2/c1-18-21(24(32)29-16-12-19(13-17-29)22(31)26-25(2,3)4)23(28-14-8-9-15-28)30(27-18)20-10-6-5-7-11-20/h5-11,14-15,19H,12-13,16-17H2,1-4H3,(H,26,31). The van der Waals surface area contributed by atoms with Crippen molar-refractivity contribution in [1.29, 1.82) is 0 Å². The van der Waals surface area contributed by atoms with E-state index in [1.807, 2.05) is 96.7 Å². The summed E-state index contributed by atoms with van der Waals surface area (Å²) in [6.45, 7) is 8.95. The van der Waals surface area contributed by atoms with Gasteiger partial charge >= 0.3 is 0 Å². The number of carbonyl (C=O) groups is 2. The minimum Gasteiger partial charge on any atom is -0.351 e. The number of carbonyl (C=O) groups excluding carboxylic acids is 2. The lowest BCUT2D eigenvalue weighted by Crippen LogP contribution is -2.48. The van der Waals surface area contributed by atoms with Gasteiger partial charge in [0, 0.05) is 36.9 Å². The number of nitrogens with one attached hydrogen (secondary N) is 1. The molecule has 3 aromatic rings. The van der Waals surface area contributed by atoms with Gasteiger partial charge in [-0.05, 0) is 64.8 Å². The minimum atomic E-state index is -0.251. The third-order valence-corrected chi connectivity index (χ3v) is 5.75. The van der Waals surface area contributed by atoms with E-state index in [1.54, 1.807) is 0 Å². The second-order valence-electron chi connectivity index (χ2n) is 9.43. The first-order valence-electron chi connectivity index (χ1n) is 11.1. The number of nitrogens with zero attached hydrogens (tertiary/aromatic N) is 4. The van der Waals surface area contributed by atoms with Gasteiger partial charge in [-0.15, -0.1) is 0 Å². The maximum atomic E-state index is 13.6. The molecular formula is C25H31N5O2. The molecule has 0 saturated carbocycles. The Balaban J connectivity index is 1.60. The molecule has 1 aliphatic heterocycles. The van der Waals surface area contributed by atoms with Gasteiger partial charge in [0.1, 0.15) is 5.56 Å². The smallest absolute Gasteiger partial charge is 0.259 e. The van der Waals surface area contributed by atoms with Crippen molar-refractivity contribution < 1.29 is 9.59 Å². The largest absolute Gasteiger partial charge is 0.351 e. The number of rotatable bonds is 4. The Morgan fingerprint density at radius 2 is 1.62 bits per heavy atom. The van der Waals surface area contributed by atoms with E-state index in [1.165, 1.54) is 0 Å². The van der Waals surface area contributed by atoms with Gasteiger partial charge in [-0.25, -0.2) is 4.68 Å². The van der Waals surface area contributed by atoms with E-state index in [-0.39, 0.29) is 23.3 Å². The van der Waals surface area contributed by atoms with Crippen LogP contribution in [0.5, 0.6) is 0 Å². The van der Waals surface area contributed by atoms with Crippen molar-refractivity contribution in [3.05, 3.63) is 66.1 Å². The Bertz CT molecular complexity index is 1090. The van der Waals surface area contributed by atoms with Gasteiger partial charge in [0.25, 0.3) is 5.91 Å². The summed E-state index contributed by atoms with van der Waals surface area (Å²) in [5.41, 5.74) is 1.94. The second-order valence-corrected chi connectivity index (χ2v) is 9.43. The van der Waals surface area contributed by atoms with E-state index >= 15 is 0 Å². The van der Waals surface area contributed by atoms with Gasteiger partial charge in [-0.1, -0.05) is 18.2 Å². The van der Waals surface area contributed by atoms with Crippen LogP contribution in [0.2, 0.25) is 0 Å². The second kappa shape index (κ2) is 8.65. The molecule has 0 unspecified atom stereocenters. The van der Waals surface area contributed by atoms with Crippen LogP contribution in [0, 0.1) is 12.8 Å². The zero-order valence-electron chi connectivity index (χ0n) is 19.2. The fraction of sp³-hybridized carbons (Fsp3) is 0.400. The van der Waals surface area contributed by atoms with Gasteiger partial charge in [0.2, 0.25) is 5.91 Å². The number of likely N-dealkylation sites (tertiary alicyclic amines) is 1. The highest BCUT2D eigenvalue weighted by molar-refractivity contribution is 5.99. The molecule has 7 heteroatoms. The number of hydrogen-bond donors (Lipinski definition) is 1. The van der Waals surface area contributed by atoms with Crippen molar-refractivity contribution in [2.75, 3.05) is 13.1 Å². The van der Waals surface area contributed by atoms with Crippen LogP contribution in [-0.2, 0) is 4.79 Å². The number of para-hydroxylation sites is 1. The predicted molar refractivity (Wildman–Crippen MR) is 124 cm³/mol. The van der Waals surface area contributed by atoms with Crippen LogP contribution in [0.1, 0.15) is 49.7 Å². The van der Waals surface area contributed by atoms with Crippen molar-refractivity contribution in [1.82, 2.24) is 24.6 Å². The van der Waals surface area contributed by atoms with Crippen LogP contribution < -0.4 is 5.32 Å². The average Bonchev–Trinajstić information content (AvgIpc) is 3.40. The maximum Gasteiger partial charge on any atom is 0.259 e. The van der Waals surface area contributed by atoms with Crippen LogP contribution in [0.4, 0.5) is 0 Å². The molecule has 32 heavy (non-hydrogen) atoms. The molecule has 4 rings (SSSR count). The molecule has 0 radical (unpaired) electrons. The van der Waals surface area contributed by atoms with Crippen LogP contribution in [0.25, 0.3) is 11.5 Å². The lowest BCUT2D eigenvalue weighted by molar-refractivity contribution is -0.127. The number of hydrogen-bond acceptors (Lipinski definition) is 3. The van der Waals surface area contributed by atoms with Crippen molar-refractivity contribution in [3.8, 4) is 11.5 Å². The van der Waals surface area contributed by atoms with E-state index in [9.17, 15) is 9.59 Å². The fourth-order valence-electron chi connectivity index (χ4n) is 4.20. The zero-order valence-corrected chi connectivity index (χ0v) is 19.2. The highest BCUT2D eigenvalue weighted by Gasteiger charge is 2.32. The van der Waals surface area contributed by atoms with Crippen molar-refractivity contribution in [2.45, 2.75) is 46.1 Å². The van der Waals surface area contributed by atoms with E-state index in [0.29, 0.717) is 37.2 Å². The summed E-state index contributed by atoms with van der Waals surface area (Å²) in [6.07, 6.45) is 5.18. The first kappa shape index (κ1) is 21.9. The normalized spacial score (nSPS) is 15.1. The van der Waals surface area contributed by atoms with E-state index in [2.05, 4.69) is 5.32 Å². The molecule has 168 valence electrons. The molecule has 1 fully saturated rings. The topological polar surface area (TPSA) is 72.2 Å². The molecule has 0 bridgehead atoms. The lowest BCUT2D eigenvalue weighted by atomic mass is 9.94. The molecule has 1 aromatic carbocycles. The molecule has 0 spiro atoms. The zero-order chi connectivity index (χ0) is 22.9. The summed E-state index contributed by atoms with van der Waals surface area (Å²) in [7, 11) is 0. The van der Waals surface area contributed by atoms with Crippen LogP contribution in [0.3, 0.4) is 0 Å². The average molecular weight is 434 g/mol. The number of aryl methyl sites for hydroxylation is 1. The monoisotopic (exact) mass is 433 g/mol. The Labute approximate surface area is 189 Å². The first-order chi connectivity index (χ1) is 15.2. The van der Waals surface area contributed by atoms with Crippen molar-refractivity contribution >= 4 is 11.8 Å². The molecule has 1 saturated heterocycles. The molecule has 3 heterocycles. The van der Waals surface area contributed by atoms with E-state index in [0.717, 1.165) is 11.5 Å². The summed E-state index contributed by atoms with van der Waals surface area (Å²) in [5, 5.41) is 7.78. The van der Waals surface area contributed by atoms with E-state index < -0.39 is 0 Å². The lowest BCUT2D eigenvalue weighted by Gasteiger charge is -2.33. The Hall–Kier alpha value is -3.35. The fourth-order valence-corrected chi connectivity index (χ4v) is 4.20. The molecule has 0 atom stereocenters. The van der Waals surface area contributed by atoms with Crippen LogP contribution in [0.15, 0.2) is 54.9 Å². The van der Waals surface area contributed by atoms with Crippen LogP contribution >= 0.6 is 0 Å². The van der Waals surface area contributed by atoms with Crippen LogP contribution in [-0.4, -0.2) is 49.7 Å². The number of benzene rings is 1. The third-order valence-electron chi connectivity index (χ3n) is 5.75. The quantitative estimate of drug-likeness (QED) is 0.681. The summed E-state index contributed by atoms with van der Waals surface area (Å²) in [5.74, 6) is 0.709. The van der Waals surface area contributed by atoms with Gasteiger partial charge < -0.3 is 14.8 Å². The minimum absolute atomic E-state index is 0.0388. The summed E-state index contributed by atoms with van der Waals surface area (Å²) >= 11 is 0. The summed E-state index contributed by atoms with van der Waals surface area (Å²) in [4.78, 5) is 28.1. The van der Waals surface area contributed by atoms with Gasteiger partial charge in [0.15, 0.2) is 5.82 Å². The Morgan fingerprint density at radius 3 is 2.22 bits per heavy atom. The van der Waals surface area contributed by atoms with E-state index in [4.69, 9.17) is 5.10 Å². The maximum absolute atomic E-state index is 13.6. The molecule has 1 aliphatic rings. The first-order valence-corrected chi connectivity index (χ1v) is 11.1. The van der Waals surface area contributed by atoms with Gasteiger partial charge in [-0.3, -0.25) is 9.59 Å². The molecular weight excluding hydrogens is 402 g/mol. The Kier molecular flexibility index (Phi) is 5.91. The van der Waals surface area contributed by atoms with Crippen molar-refractivity contribution in [3.63, 3.8) is 0 Å². The number of aromatic nitrogens is 3. The molecule has 2 aromatic heterocycles. The van der Waals surface area contributed by atoms with Gasteiger partial charge in [0.05, 0.1) is 11.4 Å². The van der Waals surface area contributed by atoms with Crippen molar-refractivity contribution in [2.24, 2.45) is 5.92 Å². The molecule has 1 N–H and O–H groups in total. The molecule has 0 aliphatic carbocycles. The summed E-state index contributed by atoms with van der Waals surface area (Å²) in [6, 6.07) is 13.7. The molecule has 7 nitrogen and oxygen atoms in total. The van der Waals surface area contributed by atoms with Gasteiger partial charge in [-0.2, -0.15) is 5.10 Å². The Morgan fingerprint density at radius 1 is 1.00 bits per heavy atom. The summed E-state index contributed by atoms with van der Waals surface area (Å²) < 4.78 is 3.76. The highest BCUT2D eigenvalue weighted by Crippen LogP contribution is 2.27. The number of piperidine rings is 1. The molecule has 2 amide bonds. The SMILES string of the molecule is Cc1nn(-c2ccccc2)c(-n2cccc2)c1C(=O)N1CCC(C(=O)NC(C)(C)C)CC1. The predicted octanol–water partition coefficient (Wildman–Crippen LogP) is 3.74. The third kappa shape index (κ3) is 4.47. The highest BCUT2D eigenvalue weighted by atomic mass is 16.2.